The van der Waals surface area contributed by atoms with E-state index in [1.165, 1.54) is 25.7 Å². The van der Waals surface area contributed by atoms with Crippen LogP contribution < -0.4 is 0 Å². The van der Waals surface area contributed by atoms with Gasteiger partial charge in [-0.15, -0.1) is 0 Å². The molecule has 0 radical (unpaired) electrons. The van der Waals surface area contributed by atoms with E-state index in [4.69, 9.17) is 0 Å². The van der Waals surface area contributed by atoms with Gasteiger partial charge in [0.25, 0.3) is 0 Å². The Kier molecular flexibility index (Phi) is 5.25. The Balaban J connectivity index is 0.000000187. The van der Waals surface area contributed by atoms with Gasteiger partial charge in [-0.3, -0.25) is 0 Å². The fourth-order valence-electron chi connectivity index (χ4n) is 3.51. The van der Waals surface area contributed by atoms with Gasteiger partial charge in [-0.05, 0) is 70.6 Å². The molecule has 0 spiro atoms. The molecule has 2 bridgehead atoms. The number of fused-ring (bicyclic) bond motifs is 2. The molecule has 2 aliphatic rings. The molecular formula is C16H34N2. The van der Waals surface area contributed by atoms with Gasteiger partial charge < -0.3 is 9.80 Å². The molecule has 0 heterocycles. The largest absolute Gasteiger partial charge is 0.308 e. The summed E-state index contributed by atoms with van der Waals surface area (Å²) in [6.45, 7) is 9.72. The topological polar surface area (TPSA) is 6.48 Å². The molecule has 0 N–H and O–H groups in total. The van der Waals surface area contributed by atoms with Gasteiger partial charge in [-0.1, -0.05) is 20.8 Å². The van der Waals surface area contributed by atoms with Gasteiger partial charge in [0.05, 0.1) is 0 Å². The third-order valence-corrected chi connectivity index (χ3v) is 5.66. The molecule has 0 aliphatic heterocycles. The quantitative estimate of drug-likeness (QED) is 0.762. The number of nitrogens with zero attached hydrogens (tertiary/aromatic N) is 2. The van der Waals surface area contributed by atoms with Crippen LogP contribution in [0.2, 0.25) is 0 Å². The maximum atomic E-state index is 2.49. The SMILES string of the molecule is CC12CCC(CC1)C2(C)C.CN(C)CCN(C)C. The van der Waals surface area contributed by atoms with Gasteiger partial charge in [0, 0.05) is 13.1 Å². The first-order chi connectivity index (χ1) is 8.19. The Hall–Kier alpha value is -0.0800. The highest BCUT2D eigenvalue weighted by molar-refractivity contribution is 5.05. The highest BCUT2D eigenvalue weighted by Gasteiger charge is 2.55. The summed E-state index contributed by atoms with van der Waals surface area (Å²) >= 11 is 0. The minimum atomic E-state index is 0.660. The zero-order valence-corrected chi connectivity index (χ0v) is 13.7. The molecule has 0 aromatic heterocycles. The summed E-state index contributed by atoms with van der Waals surface area (Å²) in [5.41, 5.74) is 1.37. The molecule has 2 rings (SSSR count). The zero-order chi connectivity index (χ0) is 14.0. The second-order valence-electron chi connectivity index (χ2n) is 7.66. The van der Waals surface area contributed by atoms with Crippen LogP contribution >= 0.6 is 0 Å². The van der Waals surface area contributed by atoms with Gasteiger partial charge in [-0.2, -0.15) is 0 Å². The lowest BCUT2D eigenvalue weighted by molar-refractivity contribution is 0.152. The summed E-state index contributed by atoms with van der Waals surface area (Å²) in [5, 5.41) is 0. The predicted octanol–water partition coefficient (Wildman–Crippen LogP) is 3.33. The molecule has 2 nitrogen and oxygen atoms in total. The molecule has 0 aromatic carbocycles. The van der Waals surface area contributed by atoms with Crippen molar-refractivity contribution in [2.75, 3.05) is 41.3 Å². The Labute approximate surface area is 115 Å². The Bertz CT molecular complexity index is 237. The Morgan fingerprint density at radius 1 is 0.833 bits per heavy atom. The van der Waals surface area contributed by atoms with E-state index in [0.717, 1.165) is 19.0 Å². The average molecular weight is 254 g/mol. The van der Waals surface area contributed by atoms with Crippen LogP contribution in [-0.4, -0.2) is 51.1 Å². The molecule has 0 atom stereocenters. The summed E-state index contributed by atoms with van der Waals surface area (Å²) in [5.74, 6) is 1.05. The van der Waals surface area contributed by atoms with Crippen LogP contribution in [0, 0.1) is 16.7 Å². The molecule has 0 saturated heterocycles. The van der Waals surface area contributed by atoms with E-state index in [0.29, 0.717) is 10.8 Å². The summed E-state index contributed by atoms with van der Waals surface area (Å²) in [6.07, 6.45) is 5.99. The fourth-order valence-corrected chi connectivity index (χ4v) is 3.51. The van der Waals surface area contributed by atoms with Crippen molar-refractivity contribution in [2.45, 2.75) is 46.5 Å². The monoisotopic (exact) mass is 254 g/mol. The van der Waals surface area contributed by atoms with Crippen LogP contribution in [0.5, 0.6) is 0 Å². The summed E-state index contributed by atoms with van der Waals surface area (Å²) < 4.78 is 0. The van der Waals surface area contributed by atoms with Crippen molar-refractivity contribution in [1.82, 2.24) is 9.80 Å². The van der Waals surface area contributed by atoms with Crippen LogP contribution in [-0.2, 0) is 0 Å². The maximum absolute atomic E-state index is 2.49. The van der Waals surface area contributed by atoms with Gasteiger partial charge in [0.15, 0.2) is 0 Å². The Morgan fingerprint density at radius 2 is 1.22 bits per heavy atom. The number of hydrogen-bond acceptors (Lipinski definition) is 2. The first kappa shape index (κ1) is 16.0. The third kappa shape index (κ3) is 3.48. The predicted molar refractivity (Wildman–Crippen MR) is 81.0 cm³/mol. The lowest BCUT2D eigenvalue weighted by Gasteiger charge is -2.34. The molecule has 2 saturated carbocycles. The lowest BCUT2D eigenvalue weighted by Crippen LogP contribution is -2.26. The zero-order valence-electron chi connectivity index (χ0n) is 13.7. The highest BCUT2D eigenvalue weighted by Crippen LogP contribution is 2.65. The minimum absolute atomic E-state index is 0.660. The number of hydrogen-bond donors (Lipinski definition) is 0. The van der Waals surface area contributed by atoms with Gasteiger partial charge in [0.1, 0.15) is 0 Å². The van der Waals surface area contributed by atoms with Crippen molar-refractivity contribution < 1.29 is 0 Å². The molecule has 0 unspecified atom stereocenters. The van der Waals surface area contributed by atoms with E-state index in [1.807, 2.05) is 0 Å². The first-order valence-electron chi connectivity index (χ1n) is 7.48. The molecule has 0 amide bonds. The normalized spacial score (nSPS) is 32.8. The first-order valence-corrected chi connectivity index (χ1v) is 7.48. The molecule has 18 heavy (non-hydrogen) atoms. The summed E-state index contributed by atoms with van der Waals surface area (Å²) in [4.78, 5) is 4.36. The maximum Gasteiger partial charge on any atom is 0.0103 e. The molecule has 2 aliphatic carbocycles. The van der Waals surface area contributed by atoms with E-state index in [1.54, 1.807) is 0 Å². The van der Waals surface area contributed by atoms with Crippen molar-refractivity contribution in [3.05, 3.63) is 0 Å². The van der Waals surface area contributed by atoms with Crippen molar-refractivity contribution in [3.8, 4) is 0 Å². The van der Waals surface area contributed by atoms with E-state index in [-0.39, 0.29) is 0 Å². The van der Waals surface area contributed by atoms with E-state index >= 15 is 0 Å². The molecule has 2 fully saturated rings. The standard InChI is InChI=1S/C10H18.C6H16N2/c1-9(2)8-4-6-10(9,3)7-5-8;1-7(2)5-6-8(3)4/h8H,4-7H2,1-3H3;5-6H2,1-4H3. The lowest BCUT2D eigenvalue weighted by atomic mass is 9.71. The number of rotatable bonds is 3. The second-order valence-corrected chi connectivity index (χ2v) is 7.66. The molecule has 108 valence electrons. The summed E-state index contributed by atoms with van der Waals surface area (Å²) in [7, 11) is 8.35. The molecule has 2 heteroatoms. The number of likely N-dealkylation sites (N-methyl/N-ethyl adjacent to an activating group) is 2. The Morgan fingerprint density at radius 3 is 1.33 bits per heavy atom. The second kappa shape index (κ2) is 5.92. The van der Waals surface area contributed by atoms with Crippen LogP contribution in [0.3, 0.4) is 0 Å². The van der Waals surface area contributed by atoms with Crippen LogP contribution in [0.1, 0.15) is 46.5 Å². The molecular weight excluding hydrogens is 220 g/mol. The van der Waals surface area contributed by atoms with Crippen molar-refractivity contribution in [3.63, 3.8) is 0 Å². The molecule has 0 aromatic rings. The van der Waals surface area contributed by atoms with Gasteiger partial charge in [0.2, 0.25) is 0 Å². The van der Waals surface area contributed by atoms with Gasteiger partial charge in [-0.25, -0.2) is 0 Å². The smallest absolute Gasteiger partial charge is 0.0103 e. The van der Waals surface area contributed by atoms with Gasteiger partial charge >= 0.3 is 0 Å². The third-order valence-electron chi connectivity index (χ3n) is 5.66. The van der Waals surface area contributed by atoms with Crippen LogP contribution in [0.15, 0.2) is 0 Å². The highest BCUT2D eigenvalue weighted by atomic mass is 15.1. The van der Waals surface area contributed by atoms with Crippen molar-refractivity contribution >= 4 is 0 Å². The summed E-state index contributed by atoms with van der Waals surface area (Å²) in [6, 6.07) is 0. The fraction of sp³-hybridized carbons (Fsp3) is 1.00. The van der Waals surface area contributed by atoms with Crippen LogP contribution in [0.25, 0.3) is 0 Å². The van der Waals surface area contributed by atoms with Crippen LogP contribution in [0.4, 0.5) is 0 Å². The van der Waals surface area contributed by atoms with Crippen molar-refractivity contribution in [1.29, 1.82) is 0 Å². The van der Waals surface area contributed by atoms with E-state index in [9.17, 15) is 0 Å². The van der Waals surface area contributed by atoms with E-state index in [2.05, 4.69) is 58.8 Å². The average Bonchev–Trinajstić information content (AvgIpc) is 2.61. The minimum Gasteiger partial charge on any atom is -0.308 e. The van der Waals surface area contributed by atoms with Crippen molar-refractivity contribution in [2.24, 2.45) is 16.7 Å². The van der Waals surface area contributed by atoms with E-state index < -0.39 is 0 Å².